The van der Waals surface area contributed by atoms with Crippen molar-refractivity contribution in [2.75, 3.05) is 13.2 Å². The summed E-state index contributed by atoms with van der Waals surface area (Å²) in [4.78, 5) is 0. The lowest BCUT2D eigenvalue weighted by Gasteiger charge is -2.07. The second kappa shape index (κ2) is 6.59. The summed E-state index contributed by atoms with van der Waals surface area (Å²) in [5.41, 5.74) is 0. The third-order valence-electron chi connectivity index (χ3n) is 2.31. The Labute approximate surface area is 102 Å². The Morgan fingerprint density at radius 3 is 1.41 bits per heavy atom. The number of rotatable bonds is 6. The highest BCUT2D eigenvalue weighted by Gasteiger charge is 1.93. The Morgan fingerprint density at radius 2 is 1.00 bits per heavy atom. The first-order valence-electron chi connectivity index (χ1n) is 5.81. The highest BCUT2D eigenvalue weighted by Crippen LogP contribution is 2.10. The van der Waals surface area contributed by atoms with Gasteiger partial charge in [-0.3, -0.25) is 0 Å². The van der Waals surface area contributed by atoms with Gasteiger partial charge >= 0.3 is 0 Å². The molecule has 2 aromatic carbocycles. The maximum absolute atomic E-state index is 5.56. The first-order valence-corrected chi connectivity index (χ1v) is 5.81. The van der Waals surface area contributed by atoms with Crippen LogP contribution in [0.15, 0.2) is 60.7 Å². The van der Waals surface area contributed by atoms with Gasteiger partial charge in [0.15, 0.2) is 0 Å². The molecule has 2 nitrogen and oxygen atoms in total. The van der Waals surface area contributed by atoms with E-state index in [0.717, 1.165) is 17.9 Å². The van der Waals surface area contributed by atoms with Crippen molar-refractivity contribution in [1.29, 1.82) is 0 Å². The molecule has 0 aliphatic heterocycles. The average molecular weight is 228 g/mol. The van der Waals surface area contributed by atoms with Crippen LogP contribution >= 0.6 is 0 Å². The summed E-state index contributed by atoms with van der Waals surface area (Å²) in [7, 11) is 0. The Morgan fingerprint density at radius 1 is 0.588 bits per heavy atom. The van der Waals surface area contributed by atoms with E-state index in [1.165, 1.54) is 0 Å². The van der Waals surface area contributed by atoms with Crippen LogP contribution in [-0.4, -0.2) is 13.2 Å². The van der Waals surface area contributed by atoms with Gasteiger partial charge in [-0.2, -0.15) is 0 Å². The van der Waals surface area contributed by atoms with Gasteiger partial charge in [0.25, 0.3) is 0 Å². The van der Waals surface area contributed by atoms with Gasteiger partial charge in [0.1, 0.15) is 11.5 Å². The molecule has 0 unspecified atom stereocenters. The van der Waals surface area contributed by atoms with Crippen LogP contribution in [0.2, 0.25) is 0 Å². The molecule has 0 radical (unpaired) electrons. The zero-order chi connectivity index (χ0) is 11.8. The molecular weight excluding hydrogens is 212 g/mol. The SMILES string of the molecule is c1ccc(OCCCOc2ccccc2)cc1. The van der Waals surface area contributed by atoms with Crippen molar-refractivity contribution in [2.45, 2.75) is 6.42 Å². The molecule has 0 bridgehead atoms. The normalized spacial score (nSPS) is 9.88. The van der Waals surface area contributed by atoms with Crippen LogP contribution < -0.4 is 9.47 Å². The van der Waals surface area contributed by atoms with Gasteiger partial charge < -0.3 is 9.47 Å². The van der Waals surface area contributed by atoms with Crippen molar-refractivity contribution in [3.05, 3.63) is 60.7 Å². The van der Waals surface area contributed by atoms with Gasteiger partial charge in [-0.1, -0.05) is 36.4 Å². The van der Waals surface area contributed by atoms with Crippen LogP contribution in [0.5, 0.6) is 11.5 Å². The fourth-order valence-electron chi connectivity index (χ4n) is 1.47. The zero-order valence-electron chi connectivity index (χ0n) is 9.71. The summed E-state index contributed by atoms with van der Waals surface area (Å²) in [6.45, 7) is 1.35. The van der Waals surface area contributed by atoms with E-state index < -0.39 is 0 Å². The molecule has 0 aliphatic carbocycles. The van der Waals surface area contributed by atoms with Crippen LogP contribution in [0.25, 0.3) is 0 Å². The molecule has 0 saturated carbocycles. The van der Waals surface area contributed by atoms with Gasteiger partial charge in [0.2, 0.25) is 0 Å². The molecular formula is C15H16O2. The minimum atomic E-state index is 0.677. The van der Waals surface area contributed by atoms with E-state index in [9.17, 15) is 0 Å². The van der Waals surface area contributed by atoms with Crippen LogP contribution in [-0.2, 0) is 0 Å². The molecule has 2 heteroatoms. The number of benzene rings is 2. The van der Waals surface area contributed by atoms with E-state index in [4.69, 9.17) is 9.47 Å². The predicted octanol–water partition coefficient (Wildman–Crippen LogP) is 3.53. The van der Waals surface area contributed by atoms with Crippen molar-refractivity contribution in [2.24, 2.45) is 0 Å². The van der Waals surface area contributed by atoms with Gasteiger partial charge in [0, 0.05) is 6.42 Å². The largest absolute Gasteiger partial charge is 0.493 e. The summed E-state index contributed by atoms with van der Waals surface area (Å²) in [5, 5.41) is 0. The van der Waals surface area contributed by atoms with E-state index in [1.807, 2.05) is 60.7 Å². The van der Waals surface area contributed by atoms with Crippen molar-refractivity contribution in [3.63, 3.8) is 0 Å². The smallest absolute Gasteiger partial charge is 0.119 e. The van der Waals surface area contributed by atoms with Crippen LogP contribution in [0, 0.1) is 0 Å². The Kier molecular flexibility index (Phi) is 4.46. The molecule has 0 N–H and O–H groups in total. The molecule has 0 heterocycles. The van der Waals surface area contributed by atoms with Gasteiger partial charge in [-0.15, -0.1) is 0 Å². The molecule has 17 heavy (non-hydrogen) atoms. The predicted molar refractivity (Wildman–Crippen MR) is 68.5 cm³/mol. The summed E-state index contributed by atoms with van der Waals surface area (Å²) < 4.78 is 11.1. The molecule has 0 atom stereocenters. The lowest BCUT2D eigenvalue weighted by Crippen LogP contribution is -2.04. The molecule has 0 aromatic heterocycles. The maximum atomic E-state index is 5.56. The van der Waals surface area contributed by atoms with Crippen LogP contribution in [0.1, 0.15) is 6.42 Å². The van der Waals surface area contributed by atoms with Crippen molar-refractivity contribution in [1.82, 2.24) is 0 Å². The van der Waals surface area contributed by atoms with E-state index in [-0.39, 0.29) is 0 Å². The highest BCUT2D eigenvalue weighted by molar-refractivity contribution is 5.21. The fraction of sp³-hybridized carbons (Fsp3) is 0.200. The molecule has 2 aromatic rings. The first-order chi connectivity index (χ1) is 8.45. The molecule has 0 amide bonds. The quantitative estimate of drug-likeness (QED) is 0.704. The van der Waals surface area contributed by atoms with E-state index in [0.29, 0.717) is 13.2 Å². The first kappa shape index (κ1) is 11.5. The molecule has 0 spiro atoms. The topological polar surface area (TPSA) is 18.5 Å². The highest BCUT2D eigenvalue weighted by atomic mass is 16.5. The zero-order valence-corrected chi connectivity index (χ0v) is 9.71. The van der Waals surface area contributed by atoms with E-state index in [2.05, 4.69) is 0 Å². The number of hydrogen-bond acceptors (Lipinski definition) is 2. The molecule has 0 fully saturated rings. The third-order valence-corrected chi connectivity index (χ3v) is 2.31. The van der Waals surface area contributed by atoms with Crippen molar-refractivity contribution >= 4 is 0 Å². The molecule has 2 rings (SSSR count). The second-order valence-corrected chi connectivity index (χ2v) is 3.68. The average Bonchev–Trinajstić information content (AvgIpc) is 2.41. The summed E-state index contributed by atoms with van der Waals surface area (Å²) in [6.07, 6.45) is 0.879. The Bertz CT molecular complexity index is 370. The maximum Gasteiger partial charge on any atom is 0.119 e. The van der Waals surface area contributed by atoms with Gasteiger partial charge in [-0.05, 0) is 24.3 Å². The number of hydrogen-bond donors (Lipinski definition) is 0. The molecule has 0 saturated heterocycles. The lowest BCUT2D eigenvalue weighted by atomic mass is 10.3. The minimum absolute atomic E-state index is 0.677. The number of para-hydroxylation sites is 2. The minimum Gasteiger partial charge on any atom is -0.493 e. The summed E-state index contributed by atoms with van der Waals surface area (Å²) in [5.74, 6) is 1.82. The molecule has 88 valence electrons. The van der Waals surface area contributed by atoms with E-state index in [1.54, 1.807) is 0 Å². The van der Waals surface area contributed by atoms with Crippen LogP contribution in [0.3, 0.4) is 0 Å². The number of ether oxygens (including phenoxy) is 2. The Balaban J connectivity index is 1.61. The van der Waals surface area contributed by atoms with E-state index >= 15 is 0 Å². The standard InChI is InChI=1S/C15H16O2/c1-3-8-14(9-4-1)16-12-7-13-17-15-10-5-2-6-11-15/h1-6,8-11H,7,12-13H2. The van der Waals surface area contributed by atoms with Gasteiger partial charge in [0.05, 0.1) is 13.2 Å². The third kappa shape index (κ3) is 4.19. The van der Waals surface area contributed by atoms with Gasteiger partial charge in [-0.25, -0.2) is 0 Å². The Hall–Kier alpha value is -1.96. The summed E-state index contributed by atoms with van der Waals surface area (Å²) >= 11 is 0. The monoisotopic (exact) mass is 228 g/mol. The van der Waals surface area contributed by atoms with Crippen LogP contribution in [0.4, 0.5) is 0 Å². The summed E-state index contributed by atoms with van der Waals surface area (Å²) in [6, 6.07) is 19.7. The van der Waals surface area contributed by atoms with Crippen molar-refractivity contribution < 1.29 is 9.47 Å². The molecule has 0 aliphatic rings. The fourth-order valence-corrected chi connectivity index (χ4v) is 1.47. The second-order valence-electron chi connectivity index (χ2n) is 3.68. The lowest BCUT2D eigenvalue weighted by molar-refractivity contribution is 0.247. The van der Waals surface area contributed by atoms with Crippen molar-refractivity contribution in [3.8, 4) is 11.5 Å².